The third-order valence-corrected chi connectivity index (χ3v) is 3.69. The lowest BCUT2D eigenvalue weighted by Gasteiger charge is -2.25. The van der Waals surface area contributed by atoms with Crippen molar-refractivity contribution in [1.29, 1.82) is 0 Å². The zero-order valence-corrected chi connectivity index (χ0v) is 12.3. The number of hydrogen-bond donors (Lipinski definition) is 0. The first-order valence-corrected chi connectivity index (χ1v) is 7.03. The van der Waals surface area contributed by atoms with E-state index in [0.717, 1.165) is 12.8 Å². The summed E-state index contributed by atoms with van der Waals surface area (Å²) in [5.41, 5.74) is 0.609. The van der Waals surface area contributed by atoms with E-state index in [9.17, 15) is 9.59 Å². The van der Waals surface area contributed by atoms with E-state index in [2.05, 4.69) is 0 Å². The van der Waals surface area contributed by atoms with Gasteiger partial charge >= 0.3 is 0 Å². The van der Waals surface area contributed by atoms with E-state index < -0.39 is 0 Å². The summed E-state index contributed by atoms with van der Waals surface area (Å²) in [5, 5.41) is 0. The summed E-state index contributed by atoms with van der Waals surface area (Å²) in [6, 6.07) is 6.80. The van der Waals surface area contributed by atoms with E-state index >= 15 is 0 Å². The largest absolute Gasteiger partial charge is 0.497 e. The zero-order chi connectivity index (χ0) is 14.7. The van der Waals surface area contributed by atoms with Crippen LogP contribution in [0.15, 0.2) is 24.3 Å². The number of carbonyl (C=O) groups excluding carboxylic acids is 2. The van der Waals surface area contributed by atoms with E-state index in [4.69, 9.17) is 4.74 Å². The normalized spacial score (nSPS) is 18.4. The molecule has 0 bridgehead atoms. The lowest BCUT2D eigenvalue weighted by Crippen LogP contribution is -2.42. The summed E-state index contributed by atoms with van der Waals surface area (Å²) in [6.45, 7) is 4.42. The predicted molar refractivity (Wildman–Crippen MR) is 76.9 cm³/mol. The van der Waals surface area contributed by atoms with Crippen LogP contribution in [0.5, 0.6) is 5.75 Å². The minimum Gasteiger partial charge on any atom is -0.497 e. The van der Waals surface area contributed by atoms with Crippen molar-refractivity contribution >= 4 is 11.7 Å². The highest BCUT2D eigenvalue weighted by molar-refractivity contribution is 6.02. The van der Waals surface area contributed by atoms with Crippen LogP contribution in [0.2, 0.25) is 0 Å². The number of hydrogen-bond acceptors (Lipinski definition) is 3. The molecule has 1 aliphatic rings. The number of carbonyl (C=O) groups is 2. The molecule has 1 unspecified atom stereocenters. The molecule has 108 valence electrons. The molecule has 1 amide bonds. The number of ether oxygens (including phenoxy) is 1. The van der Waals surface area contributed by atoms with Gasteiger partial charge < -0.3 is 9.64 Å². The summed E-state index contributed by atoms with van der Waals surface area (Å²) in [6.07, 6.45) is 1.63. The molecule has 0 N–H and O–H groups in total. The Kier molecular flexibility index (Phi) is 4.42. The summed E-state index contributed by atoms with van der Waals surface area (Å²) < 4.78 is 5.15. The maximum atomic E-state index is 12.6. The minimum atomic E-state index is -0.322. The molecule has 4 nitrogen and oxygen atoms in total. The molecule has 1 aromatic rings. The Hall–Kier alpha value is -1.84. The molecule has 1 aliphatic heterocycles. The molecule has 1 saturated heterocycles. The number of benzene rings is 1. The summed E-state index contributed by atoms with van der Waals surface area (Å²) in [5.74, 6) is 0.656. The van der Waals surface area contributed by atoms with Crippen LogP contribution in [-0.4, -0.2) is 36.3 Å². The highest BCUT2D eigenvalue weighted by Gasteiger charge is 2.35. The van der Waals surface area contributed by atoms with E-state index in [1.165, 1.54) is 0 Å². The van der Waals surface area contributed by atoms with Crippen LogP contribution in [0.3, 0.4) is 0 Å². The third kappa shape index (κ3) is 2.84. The molecule has 2 rings (SSSR count). The SMILES string of the molecule is COc1cccc(C(=O)C2CCCN2C(=O)C(C)C)c1. The Bertz CT molecular complexity index is 510. The molecule has 0 aliphatic carbocycles. The highest BCUT2D eigenvalue weighted by atomic mass is 16.5. The van der Waals surface area contributed by atoms with Gasteiger partial charge in [-0.2, -0.15) is 0 Å². The number of nitrogens with zero attached hydrogens (tertiary/aromatic N) is 1. The molecule has 1 aromatic carbocycles. The number of Topliss-reactive ketones (excluding diaryl/α,β-unsaturated/α-hetero) is 1. The Morgan fingerprint density at radius 3 is 2.75 bits per heavy atom. The van der Waals surface area contributed by atoms with E-state index in [0.29, 0.717) is 17.9 Å². The van der Waals surface area contributed by atoms with Gasteiger partial charge in [0.2, 0.25) is 5.91 Å². The lowest BCUT2D eigenvalue weighted by atomic mass is 10.0. The van der Waals surface area contributed by atoms with Crippen LogP contribution in [0.25, 0.3) is 0 Å². The van der Waals surface area contributed by atoms with Gasteiger partial charge in [-0.05, 0) is 25.0 Å². The van der Waals surface area contributed by atoms with Crippen molar-refractivity contribution in [3.8, 4) is 5.75 Å². The molecule has 0 spiro atoms. The van der Waals surface area contributed by atoms with E-state index in [1.807, 2.05) is 19.9 Å². The van der Waals surface area contributed by atoms with Crippen molar-refractivity contribution in [1.82, 2.24) is 4.90 Å². The van der Waals surface area contributed by atoms with Crippen LogP contribution >= 0.6 is 0 Å². The Morgan fingerprint density at radius 2 is 2.10 bits per heavy atom. The number of rotatable bonds is 4. The summed E-state index contributed by atoms with van der Waals surface area (Å²) in [7, 11) is 1.58. The maximum absolute atomic E-state index is 12.6. The van der Waals surface area contributed by atoms with Gasteiger partial charge in [0.05, 0.1) is 13.2 Å². The molecule has 4 heteroatoms. The van der Waals surface area contributed by atoms with Gasteiger partial charge in [-0.1, -0.05) is 26.0 Å². The topological polar surface area (TPSA) is 46.6 Å². The van der Waals surface area contributed by atoms with Gasteiger partial charge in [0.15, 0.2) is 5.78 Å². The maximum Gasteiger partial charge on any atom is 0.225 e. The smallest absolute Gasteiger partial charge is 0.225 e. The van der Waals surface area contributed by atoms with Crippen molar-refractivity contribution in [2.75, 3.05) is 13.7 Å². The third-order valence-electron chi connectivity index (χ3n) is 3.69. The monoisotopic (exact) mass is 275 g/mol. The molecule has 1 fully saturated rings. The quantitative estimate of drug-likeness (QED) is 0.793. The van der Waals surface area contributed by atoms with Crippen LogP contribution in [0.1, 0.15) is 37.0 Å². The van der Waals surface area contributed by atoms with Crippen molar-refractivity contribution in [3.05, 3.63) is 29.8 Å². The van der Waals surface area contributed by atoms with Gasteiger partial charge in [-0.25, -0.2) is 0 Å². The van der Waals surface area contributed by atoms with Crippen molar-refractivity contribution in [2.45, 2.75) is 32.7 Å². The zero-order valence-electron chi connectivity index (χ0n) is 12.3. The van der Waals surface area contributed by atoms with Crippen molar-refractivity contribution < 1.29 is 14.3 Å². The first-order chi connectivity index (χ1) is 9.54. The fraction of sp³-hybridized carbons (Fsp3) is 0.500. The van der Waals surface area contributed by atoms with Gasteiger partial charge in [-0.3, -0.25) is 9.59 Å². The van der Waals surface area contributed by atoms with Gasteiger partial charge in [0, 0.05) is 18.0 Å². The number of amides is 1. The van der Waals surface area contributed by atoms with E-state index in [1.54, 1.807) is 30.2 Å². The van der Waals surface area contributed by atoms with E-state index in [-0.39, 0.29) is 23.7 Å². The van der Waals surface area contributed by atoms with Crippen LogP contribution in [0, 0.1) is 5.92 Å². The van der Waals surface area contributed by atoms with Crippen LogP contribution in [0.4, 0.5) is 0 Å². The number of methoxy groups -OCH3 is 1. The molecule has 0 aromatic heterocycles. The average molecular weight is 275 g/mol. The molecule has 1 heterocycles. The lowest BCUT2D eigenvalue weighted by molar-refractivity contribution is -0.134. The van der Waals surface area contributed by atoms with Crippen molar-refractivity contribution in [3.63, 3.8) is 0 Å². The van der Waals surface area contributed by atoms with Gasteiger partial charge in [-0.15, -0.1) is 0 Å². The fourth-order valence-electron chi connectivity index (χ4n) is 2.60. The Labute approximate surface area is 119 Å². The summed E-state index contributed by atoms with van der Waals surface area (Å²) >= 11 is 0. The first-order valence-electron chi connectivity index (χ1n) is 7.03. The van der Waals surface area contributed by atoms with Crippen LogP contribution < -0.4 is 4.74 Å². The van der Waals surface area contributed by atoms with Gasteiger partial charge in [0.1, 0.15) is 5.75 Å². The number of ketones is 1. The second-order valence-corrected chi connectivity index (χ2v) is 5.44. The Balaban J connectivity index is 2.21. The average Bonchev–Trinajstić information content (AvgIpc) is 2.94. The van der Waals surface area contributed by atoms with Crippen molar-refractivity contribution in [2.24, 2.45) is 5.92 Å². The predicted octanol–water partition coefficient (Wildman–Crippen LogP) is 2.52. The second-order valence-electron chi connectivity index (χ2n) is 5.44. The fourth-order valence-corrected chi connectivity index (χ4v) is 2.60. The molecule has 1 atom stereocenters. The van der Waals surface area contributed by atoms with Gasteiger partial charge in [0.25, 0.3) is 0 Å². The molecule has 0 radical (unpaired) electrons. The Morgan fingerprint density at radius 1 is 1.35 bits per heavy atom. The number of likely N-dealkylation sites (tertiary alicyclic amines) is 1. The molecular formula is C16H21NO3. The second kappa shape index (κ2) is 6.07. The standard InChI is InChI=1S/C16H21NO3/c1-11(2)16(19)17-9-5-8-14(17)15(18)12-6-4-7-13(10-12)20-3/h4,6-7,10-11,14H,5,8-9H2,1-3H3. The minimum absolute atomic E-state index is 0.00963. The molecular weight excluding hydrogens is 254 g/mol. The first kappa shape index (κ1) is 14.6. The summed E-state index contributed by atoms with van der Waals surface area (Å²) in [4.78, 5) is 26.5. The molecule has 0 saturated carbocycles. The highest BCUT2D eigenvalue weighted by Crippen LogP contribution is 2.24. The molecule has 20 heavy (non-hydrogen) atoms. The van der Waals surface area contributed by atoms with Crippen LogP contribution in [-0.2, 0) is 4.79 Å².